The zero-order valence-electron chi connectivity index (χ0n) is 14.0. The molecule has 1 aromatic carbocycles. The molecule has 4 saturated carbocycles. The summed E-state index contributed by atoms with van der Waals surface area (Å²) < 4.78 is 0. The molecule has 0 saturated heterocycles. The molecule has 4 aliphatic rings. The summed E-state index contributed by atoms with van der Waals surface area (Å²) in [5, 5.41) is 19.1. The number of non-ortho nitro benzene ring substituents is 1. The van der Waals surface area contributed by atoms with E-state index in [0.717, 1.165) is 23.3 Å². The highest BCUT2D eigenvalue weighted by Crippen LogP contribution is 2.60. The fourth-order valence-corrected chi connectivity index (χ4v) is 5.37. The van der Waals surface area contributed by atoms with Gasteiger partial charge in [0.2, 0.25) is 0 Å². The van der Waals surface area contributed by atoms with Gasteiger partial charge in [-0.25, -0.2) is 0 Å². The first-order chi connectivity index (χ1) is 11.5. The zero-order valence-corrected chi connectivity index (χ0v) is 16.3. The Hall–Kier alpha value is -1.51. The van der Waals surface area contributed by atoms with Crippen LogP contribution in [0.1, 0.15) is 44.1 Å². The molecule has 0 aromatic heterocycles. The van der Waals surface area contributed by atoms with Gasteiger partial charge < -0.3 is 5.73 Å². The fourth-order valence-electron chi connectivity index (χ4n) is 5.37. The third-order valence-electron chi connectivity index (χ3n) is 6.06. The molecular weight excluding hydrogens is 431 g/mol. The second-order valence-electron chi connectivity index (χ2n) is 7.78. The summed E-state index contributed by atoms with van der Waals surface area (Å²) in [5.41, 5.74) is 7.27. The standard InChI is InChI=1S/C18H22N4O2.HI/c19-17(18-8-13-5-14(9-18)7-15(6-13)10-18)21-20-11-12-1-3-16(4-2-12)22(23)24;/h1-4,11,13-15H,5-10H2,(H2,19,21);1H/b20-11+;. The van der Waals surface area contributed by atoms with Gasteiger partial charge in [0, 0.05) is 17.5 Å². The predicted molar refractivity (Wildman–Crippen MR) is 108 cm³/mol. The van der Waals surface area contributed by atoms with E-state index in [4.69, 9.17) is 5.73 Å². The van der Waals surface area contributed by atoms with Crippen LogP contribution in [-0.4, -0.2) is 17.0 Å². The minimum absolute atomic E-state index is 0. The highest BCUT2D eigenvalue weighted by Gasteiger charge is 2.52. The number of halogens is 1. The van der Waals surface area contributed by atoms with Crippen molar-refractivity contribution in [3.8, 4) is 0 Å². The summed E-state index contributed by atoms with van der Waals surface area (Å²) in [6, 6.07) is 6.26. The van der Waals surface area contributed by atoms with Crippen LogP contribution in [0.15, 0.2) is 34.5 Å². The van der Waals surface area contributed by atoms with Crippen LogP contribution in [0.2, 0.25) is 0 Å². The van der Waals surface area contributed by atoms with Gasteiger partial charge in [-0.05, 0) is 74.0 Å². The average Bonchev–Trinajstić information content (AvgIpc) is 2.54. The van der Waals surface area contributed by atoms with Gasteiger partial charge in [-0.2, -0.15) is 5.10 Å². The monoisotopic (exact) mass is 454 g/mol. The van der Waals surface area contributed by atoms with E-state index in [0.29, 0.717) is 5.84 Å². The number of amidine groups is 1. The number of rotatable bonds is 4. The molecule has 6 nitrogen and oxygen atoms in total. The van der Waals surface area contributed by atoms with E-state index in [-0.39, 0.29) is 35.1 Å². The summed E-state index contributed by atoms with van der Waals surface area (Å²) in [6.07, 6.45) is 9.23. The van der Waals surface area contributed by atoms with Gasteiger partial charge in [-0.3, -0.25) is 10.1 Å². The first-order valence-electron chi connectivity index (χ1n) is 8.65. The Kier molecular flexibility index (Phi) is 5.13. The van der Waals surface area contributed by atoms with Crippen molar-refractivity contribution in [3.05, 3.63) is 39.9 Å². The SMILES string of the molecule is I.N/C(=N\N=C\c1ccc([N+](=O)[O-])cc1)C12CC3CC(CC(C3)C1)C2. The summed E-state index contributed by atoms with van der Waals surface area (Å²) in [4.78, 5) is 10.2. The first kappa shape index (κ1) is 18.3. The van der Waals surface area contributed by atoms with Crippen molar-refractivity contribution < 1.29 is 4.92 Å². The molecule has 1 aromatic rings. The maximum absolute atomic E-state index is 10.7. The van der Waals surface area contributed by atoms with Gasteiger partial charge in [0.1, 0.15) is 5.84 Å². The number of nitrogens with zero attached hydrogens (tertiary/aromatic N) is 3. The van der Waals surface area contributed by atoms with Crippen LogP contribution in [0.4, 0.5) is 5.69 Å². The molecule has 0 amide bonds. The second kappa shape index (κ2) is 7.01. The molecule has 0 unspecified atom stereocenters. The molecule has 134 valence electrons. The van der Waals surface area contributed by atoms with Crippen LogP contribution >= 0.6 is 24.0 Å². The lowest BCUT2D eigenvalue weighted by Gasteiger charge is -2.56. The first-order valence-corrected chi connectivity index (χ1v) is 8.65. The Bertz CT molecular complexity index is 679. The Morgan fingerprint density at radius 2 is 1.64 bits per heavy atom. The molecule has 25 heavy (non-hydrogen) atoms. The molecule has 2 N–H and O–H groups in total. The minimum Gasteiger partial charge on any atom is -0.385 e. The highest BCUT2D eigenvalue weighted by atomic mass is 127. The van der Waals surface area contributed by atoms with Crippen LogP contribution in [0.25, 0.3) is 0 Å². The van der Waals surface area contributed by atoms with Gasteiger partial charge in [-0.1, -0.05) is 0 Å². The largest absolute Gasteiger partial charge is 0.385 e. The quantitative estimate of drug-likeness (QED) is 0.244. The van der Waals surface area contributed by atoms with Crippen LogP contribution in [-0.2, 0) is 0 Å². The molecule has 0 heterocycles. The summed E-state index contributed by atoms with van der Waals surface area (Å²) in [5.74, 6) is 3.15. The lowest BCUT2D eigenvalue weighted by molar-refractivity contribution is -0.384. The minimum atomic E-state index is -0.413. The zero-order chi connectivity index (χ0) is 16.7. The Morgan fingerprint density at radius 3 is 2.12 bits per heavy atom. The fraction of sp³-hybridized carbons (Fsp3) is 0.556. The van der Waals surface area contributed by atoms with Gasteiger partial charge in [0.25, 0.3) is 5.69 Å². The summed E-state index contributed by atoms with van der Waals surface area (Å²) in [6.45, 7) is 0. The molecule has 4 fully saturated rings. The predicted octanol–water partition coefficient (Wildman–Crippen LogP) is 4.12. The number of hydrogen-bond donors (Lipinski definition) is 1. The summed E-state index contributed by atoms with van der Waals surface area (Å²) >= 11 is 0. The van der Waals surface area contributed by atoms with Crippen molar-refractivity contribution in [1.82, 2.24) is 0 Å². The number of benzene rings is 1. The molecule has 5 rings (SSSR count). The lowest BCUT2D eigenvalue weighted by atomic mass is 9.49. The lowest BCUT2D eigenvalue weighted by Crippen LogP contribution is -2.52. The van der Waals surface area contributed by atoms with E-state index >= 15 is 0 Å². The molecule has 0 atom stereocenters. The molecule has 0 spiro atoms. The van der Waals surface area contributed by atoms with Crippen molar-refractivity contribution >= 4 is 41.7 Å². The normalized spacial score (nSPS) is 33.4. The van der Waals surface area contributed by atoms with E-state index in [9.17, 15) is 10.1 Å². The third kappa shape index (κ3) is 3.56. The van der Waals surface area contributed by atoms with Crippen molar-refractivity contribution in [2.45, 2.75) is 38.5 Å². The van der Waals surface area contributed by atoms with E-state index in [1.54, 1.807) is 18.3 Å². The van der Waals surface area contributed by atoms with Crippen molar-refractivity contribution in [3.63, 3.8) is 0 Å². The van der Waals surface area contributed by atoms with Crippen LogP contribution in [0.3, 0.4) is 0 Å². The van der Waals surface area contributed by atoms with E-state index in [2.05, 4.69) is 10.2 Å². The van der Waals surface area contributed by atoms with Crippen molar-refractivity contribution in [1.29, 1.82) is 0 Å². The van der Waals surface area contributed by atoms with E-state index in [1.165, 1.54) is 50.7 Å². The Balaban J connectivity index is 0.00000182. The van der Waals surface area contributed by atoms with Crippen molar-refractivity contribution in [2.24, 2.45) is 39.1 Å². The summed E-state index contributed by atoms with van der Waals surface area (Å²) in [7, 11) is 0. The second-order valence-corrected chi connectivity index (χ2v) is 7.78. The van der Waals surface area contributed by atoms with Crippen molar-refractivity contribution in [2.75, 3.05) is 0 Å². The number of nitro groups is 1. The van der Waals surface area contributed by atoms with Crippen LogP contribution < -0.4 is 5.73 Å². The number of hydrogen-bond acceptors (Lipinski definition) is 4. The van der Waals surface area contributed by atoms with Crippen LogP contribution in [0.5, 0.6) is 0 Å². The average molecular weight is 454 g/mol. The number of nitrogens with two attached hydrogens (primary N) is 1. The highest BCUT2D eigenvalue weighted by molar-refractivity contribution is 14.0. The molecule has 0 radical (unpaired) electrons. The molecular formula is C18H23IN4O2. The van der Waals surface area contributed by atoms with Gasteiger partial charge in [0.15, 0.2) is 0 Å². The van der Waals surface area contributed by atoms with E-state index in [1.807, 2.05) is 0 Å². The molecule has 4 bridgehead atoms. The molecule has 7 heteroatoms. The Labute approximate surface area is 164 Å². The number of nitro benzene ring substituents is 1. The Morgan fingerprint density at radius 1 is 1.12 bits per heavy atom. The maximum Gasteiger partial charge on any atom is 0.269 e. The maximum atomic E-state index is 10.7. The van der Waals surface area contributed by atoms with Gasteiger partial charge in [0.05, 0.1) is 11.1 Å². The third-order valence-corrected chi connectivity index (χ3v) is 6.06. The molecule has 4 aliphatic carbocycles. The smallest absolute Gasteiger partial charge is 0.269 e. The molecule has 0 aliphatic heterocycles. The topological polar surface area (TPSA) is 93.9 Å². The van der Waals surface area contributed by atoms with Gasteiger partial charge >= 0.3 is 0 Å². The van der Waals surface area contributed by atoms with E-state index < -0.39 is 4.92 Å². The van der Waals surface area contributed by atoms with Gasteiger partial charge in [-0.15, -0.1) is 29.1 Å². The van der Waals surface area contributed by atoms with Crippen LogP contribution in [0, 0.1) is 33.3 Å².